The summed E-state index contributed by atoms with van der Waals surface area (Å²) in [5, 5.41) is 9.07. The lowest BCUT2D eigenvalue weighted by atomic mass is 10.3. The van der Waals surface area contributed by atoms with E-state index in [4.69, 9.17) is 5.11 Å². The predicted octanol–water partition coefficient (Wildman–Crippen LogP) is 1.39. The summed E-state index contributed by atoms with van der Waals surface area (Å²) in [5.74, 6) is 0.759. The van der Waals surface area contributed by atoms with Gasteiger partial charge in [0.2, 0.25) is 0 Å². The van der Waals surface area contributed by atoms with E-state index in [9.17, 15) is 0 Å². The molecule has 0 saturated heterocycles. The monoisotopic (exact) mass is 244 g/mol. The Bertz CT molecular complexity index is 489. The molecule has 18 heavy (non-hydrogen) atoms. The van der Waals surface area contributed by atoms with Crippen molar-refractivity contribution >= 4 is 5.82 Å². The molecule has 0 aliphatic rings. The Kier molecular flexibility index (Phi) is 4.20. The summed E-state index contributed by atoms with van der Waals surface area (Å²) < 4.78 is 0. The van der Waals surface area contributed by atoms with Crippen molar-refractivity contribution < 1.29 is 5.11 Å². The van der Waals surface area contributed by atoms with Crippen LogP contribution in [-0.4, -0.2) is 26.6 Å². The van der Waals surface area contributed by atoms with Crippen molar-refractivity contribution in [2.75, 3.05) is 11.4 Å². The summed E-state index contributed by atoms with van der Waals surface area (Å²) in [5.41, 5.74) is 1.56. The third kappa shape index (κ3) is 3.01. The van der Waals surface area contributed by atoms with E-state index in [1.807, 2.05) is 18.2 Å². The van der Waals surface area contributed by atoms with E-state index in [1.54, 1.807) is 18.6 Å². The van der Waals surface area contributed by atoms with Gasteiger partial charge in [-0.3, -0.25) is 9.97 Å². The van der Waals surface area contributed by atoms with Crippen LogP contribution >= 0.6 is 0 Å². The number of aromatic nitrogens is 3. The van der Waals surface area contributed by atoms with Crippen LogP contribution in [0.25, 0.3) is 0 Å². The second kappa shape index (κ2) is 6.07. The molecular weight excluding hydrogens is 228 g/mol. The number of rotatable bonds is 5. The smallest absolute Gasteiger partial charge is 0.147 e. The van der Waals surface area contributed by atoms with E-state index < -0.39 is 0 Å². The molecule has 0 unspecified atom stereocenters. The fourth-order valence-electron chi connectivity index (χ4n) is 1.67. The molecule has 5 nitrogen and oxygen atoms in total. The lowest BCUT2D eigenvalue weighted by Crippen LogP contribution is -2.24. The quantitative estimate of drug-likeness (QED) is 0.861. The van der Waals surface area contributed by atoms with E-state index in [2.05, 4.69) is 26.8 Å². The van der Waals surface area contributed by atoms with Gasteiger partial charge in [0, 0.05) is 12.7 Å². The zero-order valence-electron chi connectivity index (χ0n) is 10.3. The van der Waals surface area contributed by atoms with Gasteiger partial charge in [0.05, 0.1) is 36.9 Å². The number of anilines is 1. The lowest BCUT2D eigenvalue weighted by molar-refractivity contribution is 0.276. The van der Waals surface area contributed by atoms with Crippen molar-refractivity contribution in [3.8, 4) is 0 Å². The van der Waals surface area contributed by atoms with Crippen LogP contribution in [0.3, 0.4) is 0 Å². The zero-order chi connectivity index (χ0) is 12.8. The fourth-order valence-corrected chi connectivity index (χ4v) is 1.67. The molecule has 0 aliphatic heterocycles. The summed E-state index contributed by atoms with van der Waals surface area (Å²) in [7, 11) is 0. The van der Waals surface area contributed by atoms with Gasteiger partial charge in [-0.25, -0.2) is 4.98 Å². The molecule has 2 heterocycles. The number of nitrogens with zero attached hydrogens (tertiary/aromatic N) is 4. The first kappa shape index (κ1) is 12.4. The van der Waals surface area contributed by atoms with Crippen LogP contribution in [-0.2, 0) is 13.2 Å². The van der Waals surface area contributed by atoms with Crippen LogP contribution in [0.5, 0.6) is 0 Å². The predicted molar refractivity (Wildman–Crippen MR) is 68.9 cm³/mol. The van der Waals surface area contributed by atoms with Crippen molar-refractivity contribution in [2.45, 2.75) is 20.1 Å². The fraction of sp³-hybridized carbons (Fsp3) is 0.308. The normalized spacial score (nSPS) is 10.3. The molecule has 2 rings (SSSR count). The van der Waals surface area contributed by atoms with Crippen LogP contribution in [0.4, 0.5) is 5.82 Å². The first-order chi connectivity index (χ1) is 8.83. The lowest BCUT2D eigenvalue weighted by Gasteiger charge is -2.21. The van der Waals surface area contributed by atoms with Gasteiger partial charge in [-0.2, -0.15) is 0 Å². The van der Waals surface area contributed by atoms with Gasteiger partial charge < -0.3 is 10.0 Å². The van der Waals surface area contributed by atoms with Gasteiger partial charge in [0.15, 0.2) is 0 Å². The first-order valence-corrected chi connectivity index (χ1v) is 5.90. The Morgan fingerprint density at radius 3 is 2.78 bits per heavy atom. The minimum Gasteiger partial charge on any atom is -0.390 e. The minimum atomic E-state index is -0.0953. The Morgan fingerprint density at radius 1 is 1.22 bits per heavy atom. The van der Waals surface area contributed by atoms with E-state index in [0.29, 0.717) is 12.2 Å². The zero-order valence-corrected chi connectivity index (χ0v) is 10.3. The Morgan fingerprint density at radius 2 is 2.11 bits per heavy atom. The van der Waals surface area contributed by atoms with Crippen LogP contribution in [0, 0.1) is 0 Å². The van der Waals surface area contributed by atoms with Crippen molar-refractivity contribution in [3.05, 3.63) is 48.2 Å². The maximum atomic E-state index is 9.07. The third-order valence-corrected chi connectivity index (χ3v) is 2.62. The molecule has 5 heteroatoms. The standard InChI is InChI=1S/C13H16N4O/c1-2-17(9-11-5-3-4-6-15-11)13-8-14-7-12(10-18)16-13/h3-8,18H,2,9-10H2,1H3. The summed E-state index contributed by atoms with van der Waals surface area (Å²) in [4.78, 5) is 14.8. The maximum Gasteiger partial charge on any atom is 0.147 e. The molecule has 0 fully saturated rings. The van der Waals surface area contributed by atoms with Crippen LogP contribution in [0.1, 0.15) is 18.3 Å². The average molecular weight is 244 g/mol. The molecule has 2 aromatic heterocycles. The molecule has 0 atom stereocenters. The molecule has 0 amide bonds. The second-order valence-electron chi connectivity index (χ2n) is 3.86. The molecule has 2 aromatic rings. The number of hydrogen-bond acceptors (Lipinski definition) is 5. The minimum absolute atomic E-state index is 0.0953. The van der Waals surface area contributed by atoms with Crippen LogP contribution in [0.2, 0.25) is 0 Å². The van der Waals surface area contributed by atoms with Gasteiger partial charge >= 0.3 is 0 Å². The molecular formula is C13H16N4O. The van der Waals surface area contributed by atoms with Gasteiger partial charge in [0.25, 0.3) is 0 Å². The third-order valence-electron chi connectivity index (χ3n) is 2.62. The molecule has 0 saturated carbocycles. The van der Waals surface area contributed by atoms with Crippen LogP contribution in [0.15, 0.2) is 36.8 Å². The van der Waals surface area contributed by atoms with Crippen molar-refractivity contribution in [3.63, 3.8) is 0 Å². The topological polar surface area (TPSA) is 62.1 Å². The maximum absolute atomic E-state index is 9.07. The second-order valence-corrected chi connectivity index (χ2v) is 3.86. The van der Waals surface area contributed by atoms with Gasteiger partial charge in [-0.15, -0.1) is 0 Å². The number of aliphatic hydroxyl groups is 1. The van der Waals surface area contributed by atoms with E-state index in [0.717, 1.165) is 18.1 Å². The molecule has 1 N–H and O–H groups in total. The van der Waals surface area contributed by atoms with Gasteiger partial charge in [-0.1, -0.05) is 6.07 Å². The van der Waals surface area contributed by atoms with Gasteiger partial charge in [0.1, 0.15) is 5.82 Å². The average Bonchev–Trinajstić information content (AvgIpc) is 2.46. The number of aliphatic hydroxyl groups excluding tert-OH is 1. The Labute approximate surface area is 106 Å². The summed E-state index contributed by atoms with van der Waals surface area (Å²) in [6, 6.07) is 5.84. The number of hydrogen-bond donors (Lipinski definition) is 1. The molecule has 0 radical (unpaired) electrons. The first-order valence-electron chi connectivity index (χ1n) is 5.90. The van der Waals surface area contributed by atoms with Crippen molar-refractivity contribution in [1.29, 1.82) is 0 Å². The van der Waals surface area contributed by atoms with E-state index in [1.165, 1.54) is 0 Å². The van der Waals surface area contributed by atoms with Crippen molar-refractivity contribution in [1.82, 2.24) is 15.0 Å². The highest BCUT2D eigenvalue weighted by atomic mass is 16.3. The molecule has 0 aromatic carbocycles. The highest BCUT2D eigenvalue weighted by molar-refractivity contribution is 5.36. The molecule has 94 valence electrons. The summed E-state index contributed by atoms with van der Waals surface area (Å²) in [6.07, 6.45) is 5.04. The Balaban J connectivity index is 2.17. The largest absolute Gasteiger partial charge is 0.390 e. The summed E-state index contributed by atoms with van der Waals surface area (Å²) >= 11 is 0. The van der Waals surface area contributed by atoms with E-state index in [-0.39, 0.29) is 6.61 Å². The highest BCUT2D eigenvalue weighted by Crippen LogP contribution is 2.12. The molecule has 0 spiro atoms. The van der Waals surface area contributed by atoms with E-state index >= 15 is 0 Å². The molecule has 0 aliphatic carbocycles. The highest BCUT2D eigenvalue weighted by Gasteiger charge is 2.08. The van der Waals surface area contributed by atoms with Crippen molar-refractivity contribution in [2.24, 2.45) is 0 Å². The Hall–Kier alpha value is -2.01. The number of pyridine rings is 1. The van der Waals surface area contributed by atoms with Gasteiger partial charge in [-0.05, 0) is 19.1 Å². The molecule has 0 bridgehead atoms. The van der Waals surface area contributed by atoms with Crippen LogP contribution < -0.4 is 4.90 Å². The summed E-state index contributed by atoms with van der Waals surface area (Å²) in [6.45, 7) is 3.44. The SMILES string of the molecule is CCN(Cc1ccccn1)c1cncc(CO)n1.